The SMILES string of the molecule is CC(C)(Oc1ccc(Cl)cc1)C(=O)N1CCN(C(=O)c2cc(Cc3nncc4ccccc34)ccc2F)CC1. The second kappa shape index (κ2) is 11.0. The number of nitrogens with zero attached hydrogens (tertiary/aromatic N) is 4. The molecule has 9 heteroatoms. The van der Waals surface area contributed by atoms with E-state index in [4.69, 9.17) is 16.3 Å². The third-order valence-corrected chi connectivity index (χ3v) is 7.09. The standard InChI is InChI=1S/C30H28ClFN4O3/c1-30(2,39-23-10-8-22(31)9-11-23)29(38)36-15-13-35(14-16-36)28(37)25-17-20(7-12-26(25)32)18-27-24-6-4-3-5-21(24)19-33-34-27/h3-12,17,19H,13-16,18H2,1-2H3. The van der Waals surface area contributed by atoms with Crippen LogP contribution < -0.4 is 4.74 Å². The number of carbonyl (C=O) groups is 2. The highest BCUT2D eigenvalue weighted by atomic mass is 35.5. The number of aromatic nitrogens is 2. The Kier molecular flexibility index (Phi) is 7.48. The van der Waals surface area contributed by atoms with Crippen molar-refractivity contribution in [1.82, 2.24) is 20.0 Å². The van der Waals surface area contributed by atoms with Crippen LogP contribution in [0.4, 0.5) is 4.39 Å². The van der Waals surface area contributed by atoms with E-state index >= 15 is 0 Å². The van der Waals surface area contributed by atoms with Crippen LogP contribution in [0, 0.1) is 5.82 Å². The number of hydrogen-bond acceptors (Lipinski definition) is 5. The molecule has 1 aliphatic rings. The van der Waals surface area contributed by atoms with Crippen molar-refractivity contribution < 1.29 is 18.7 Å². The number of amides is 2. The summed E-state index contributed by atoms with van der Waals surface area (Å²) in [6, 6.07) is 19.2. The van der Waals surface area contributed by atoms with Gasteiger partial charge in [0.05, 0.1) is 17.5 Å². The fourth-order valence-electron chi connectivity index (χ4n) is 4.76. The Labute approximate surface area is 231 Å². The van der Waals surface area contributed by atoms with Gasteiger partial charge in [-0.15, -0.1) is 0 Å². The van der Waals surface area contributed by atoms with Crippen LogP contribution in [0.2, 0.25) is 5.02 Å². The average molecular weight is 547 g/mol. The highest BCUT2D eigenvalue weighted by Gasteiger charge is 2.36. The van der Waals surface area contributed by atoms with Crippen molar-refractivity contribution in [2.45, 2.75) is 25.9 Å². The molecule has 0 atom stereocenters. The number of ether oxygens (including phenoxy) is 1. The van der Waals surface area contributed by atoms with Gasteiger partial charge in [0.25, 0.3) is 11.8 Å². The summed E-state index contributed by atoms with van der Waals surface area (Å²) in [5.41, 5.74) is 0.422. The molecule has 0 bridgehead atoms. The van der Waals surface area contributed by atoms with E-state index in [2.05, 4.69) is 10.2 Å². The largest absolute Gasteiger partial charge is 0.478 e. The monoisotopic (exact) mass is 546 g/mol. The van der Waals surface area contributed by atoms with E-state index in [-0.39, 0.29) is 11.5 Å². The molecule has 0 N–H and O–H groups in total. The summed E-state index contributed by atoms with van der Waals surface area (Å²) in [5.74, 6) is -0.629. The fraction of sp³-hybridized carbons (Fsp3) is 0.267. The molecule has 200 valence electrons. The number of halogens is 2. The van der Waals surface area contributed by atoms with Crippen molar-refractivity contribution >= 4 is 34.2 Å². The molecule has 0 saturated carbocycles. The Morgan fingerprint density at radius 1 is 0.974 bits per heavy atom. The Bertz CT molecular complexity index is 1510. The topological polar surface area (TPSA) is 75.6 Å². The van der Waals surface area contributed by atoms with Gasteiger partial charge in [-0.3, -0.25) is 9.59 Å². The van der Waals surface area contributed by atoms with Crippen LogP contribution in [0.3, 0.4) is 0 Å². The Balaban J connectivity index is 1.24. The summed E-state index contributed by atoms with van der Waals surface area (Å²) in [5, 5.41) is 10.9. The predicted octanol–water partition coefficient (Wildman–Crippen LogP) is 5.16. The van der Waals surface area contributed by atoms with Crippen LogP contribution in [-0.2, 0) is 11.2 Å². The van der Waals surface area contributed by atoms with Gasteiger partial charge in [0.1, 0.15) is 11.6 Å². The first-order valence-corrected chi connectivity index (χ1v) is 13.1. The zero-order valence-electron chi connectivity index (χ0n) is 21.7. The van der Waals surface area contributed by atoms with Crippen LogP contribution in [-0.4, -0.2) is 63.6 Å². The number of hydrogen-bond donors (Lipinski definition) is 0. The first-order valence-electron chi connectivity index (χ1n) is 12.7. The van der Waals surface area contributed by atoms with Crippen LogP contribution in [0.1, 0.15) is 35.5 Å². The maximum Gasteiger partial charge on any atom is 0.266 e. The van der Waals surface area contributed by atoms with Crippen molar-refractivity contribution in [1.29, 1.82) is 0 Å². The third kappa shape index (κ3) is 5.86. The molecule has 1 saturated heterocycles. The minimum absolute atomic E-state index is 0.00636. The lowest BCUT2D eigenvalue weighted by atomic mass is 10.0. The molecular formula is C30H28ClFN4O3. The van der Waals surface area contributed by atoms with Crippen LogP contribution >= 0.6 is 11.6 Å². The number of benzene rings is 3. The summed E-state index contributed by atoms with van der Waals surface area (Å²) in [6.07, 6.45) is 2.12. The Morgan fingerprint density at radius 2 is 1.67 bits per heavy atom. The number of fused-ring (bicyclic) bond motifs is 1. The number of carbonyl (C=O) groups excluding carboxylic acids is 2. The molecule has 1 aromatic heterocycles. The number of rotatable bonds is 6. The molecule has 2 amide bonds. The molecule has 39 heavy (non-hydrogen) atoms. The molecule has 1 aliphatic heterocycles. The third-order valence-electron chi connectivity index (χ3n) is 6.84. The average Bonchev–Trinajstić information content (AvgIpc) is 2.95. The molecule has 2 heterocycles. The van der Waals surface area contributed by atoms with Crippen molar-refractivity contribution in [2.75, 3.05) is 26.2 Å². The van der Waals surface area contributed by atoms with E-state index < -0.39 is 17.3 Å². The molecule has 0 aliphatic carbocycles. The van der Waals surface area contributed by atoms with Gasteiger partial charge in [0.2, 0.25) is 0 Å². The lowest BCUT2D eigenvalue weighted by Crippen LogP contribution is -2.56. The van der Waals surface area contributed by atoms with Gasteiger partial charge in [0, 0.05) is 48.4 Å². The second-order valence-corrected chi connectivity index (χ2v) is 10.5. The van der Waals surface area contributed by atoms with E-state index in [9.17, 15) is 14.0 Å². The van der Waals surface area contributed by atoms with Crippen LogP contribution in [0.25, 0.3) is 10.8 Å². The van der Waals surface area contributed by atoms with Gasteiger partial charge in [-0.25, -0.2) is 4.39 Å². The van der Waals surface area contributed by atoms with Gasteiger partial charge < -0.3 is 14.5 Å². The van der Waals surface area contributed by atoms with E-state index in [1.165, 1.54) is 6.07 Å². The van der Waals surface area contributed by atoms with E-state index in [1.54, 1.807) is 66.2 Å². The Hall–Kier alpha value is -4.04. The minimum Gasteiger partial charge on any atom is -0.478 e. The lowest BCUT2D eigenvalue weighted by Gasteiger charge is -2.38. The van der Waals surface area contributed by atoms with E-state index in [0.717, 1.165) is 22.0 Å². The second-order valence-electron chi connectivity index (χ2n) is 10.0. The normalized spacial score (nSPS) is 13.9. The van der Waals surface area contributed by atoms with Gasteiger partial charge in [-0.2, -0.15) is 10.2 Å². The molecule has 0 spiro atoms. The maximum atomic E-state index is 14.8. The van der Waals surface area contributed by atoms with Crippen molar-refractivity contribution in [3.05, 3.63) is 101 Å². The zero-order valence-corrected chi connectivity index (χ0v) is 22.5. The summed E-state index contributed by atoms with van der Waals surface area (Å²) in [4.78, 5) is 29.8. The van der Waals surface area contributed by atoms with Gasteiger partial charge >= 0.3 is 0 Å². The molecule has 0 radical (unpaired) electrons. The molecule has 4 aromatic rings. The van der Waals surface area contributed by atoms with Crippen LogP contribution in [0.15, 0.2) is 72.9 Å². The fourth-order valence-corrected chi connectivity index (χ4v) is 4.89. The Morgan fingerprint density at radius 3 is 2.41 bits per heavy atom. The maximum absolute atomic E-state index is 14.8. The van der Waals surface area contributed by atoms with Crippen molar-refractivity contribution in [3.8, 4) is 5.75 Å². The minimum atomic E-state index is -1.11. The van der Waals surface area contributed by atoms with E-state index in [1.807, 2.05) is 24.3 Å². The molecule has 0 unspecified atom stereocenters. The summed E-state index contributed by atoms with van der Waals surface area (Å²) in [6.45, 7) is 4.65. The first-order chi connectivity index (χ1) is 18.7. The first kappa shape index (κ1) is 26.6. The summed E-state index contributed by atoms with van der Waals surface area (Å²) < 4.78 is 20.7. The summed E-state index contributed by atoms with van der Waals surface area (Å²) >= 11 is 5.93. The van der Waals surface area contributed by atoms with Gasteiger partial charge in [-0.05, 0) is 55.8 Å². The lowest BCUT2D eigenvalue weighted by molar-refractivity contribution is -0.147. The highest BCUT2D eigenvalue weighted by Crippen LogP contribution is 2.24. The molecule has 5 rings (SSSR count). The quantitative estimate of drug-likeness (QED) is 0.334. The predicted molar refractivity (Wildman–Crippen MR) is 147 cm³/mol. The van der Waals surface area contributed by atoms with Crippen molar-refractivity contribution in [3.63, 3.8) is 0 Å². The van der Waals surface area contributed by atoms with Crippen LogP contribution in [0.5, 0.6) is 5.75 Å². The highest BCUT2D eigenvalue weighted by molar-refractivity contribution is 6.30. The smallest absolute Gasteiger partial charge is 0.266 e. The molecule has 3 aromatic carbocycles. The van der Waals surface area contributed by atoms with Gasteiger partial charge in [-0.1, -0.05) is 41.9 Å². The molecular weight excluding hydrogens is 519 g/mol. The number of piperazine rings is 1. The molecule has 1 fully saturated rings. The summed E-state index contributed by atoms with van der Waals surface area (Å²) in [7, 11) is 0. The zero-order chi connectivity index (χ0) is 27.6. The van der Waals surface area contributed by atoms with E-state index in [0.29, 0.717) is 43.4 Å². The van der Waals surface area contributed by atoms with Gasteiger partial charge in [0.15, 0.2) is 5.60 Å². The molecule has 7 nitrogen and oxygen atoms in total. The van der Waals surface area contributed by atoms with Crippen molar-refractivity contribution in [2.24, 2.45) is 0 Å².